The van der Waals surface area contributed by atoms with E-state index in [2.05, 4.69) is 0 Å². The van der Waals surface area contributed by atoms with Crippen molar-refractivity contribution in [2.24, 2.45) is 5.92 Å². The van der Waals surface area contributed by atoms with Crippen LogP contribution in [0.2, 0.25) is 0 Å². The van der Waals surface area contributed by atoms with E-state index in [1.807, 2.05) is 5.32 Å². The summed E-state index contributed by atoms with van der Waals surface area (Å²) in [4.78, 5) is 11.4. The van der Waals surface area contributed by atoms with Crippen LogP contribution in [-0.2, 0) is 4.79 Å². The van der Waals surface area contributed by atoms with Crippen molar-refractivity contribution in [1.29, 1.82) is 5.26 Å². The van der Waals surface area contributed by atoms with Crippen LogP contribution in [0.25, 0.3) is 0 Å². The van der Waals surface area contributed by atoms with Crippen LogP contribution in [0.1, 0.15) is 13.3 Å². The Hall–Kier alpha value is -2.03. The number of hydrogen-bond donors (Lipinski definition) is 1. The lowest BCUT2D eigenvalue weighted by atomic mass is 10.1. The van der Waals surface area contributed by atoms with Crippen LogP contribution in [0, 0.1) is 34.7 Å². The molecule has 90 valence electrons. The second kappa shape index (κ2) is 5.34. The number of nitriles is 1. The molecule has 1 aromatic rings. The van der Waals surface area contributed by atoms with E-state index in [0.717, 1.165) is 0 Å². The summed E-state index contributed by atoms with van der Waals surface area (Å²) in [7, 11) is 0. The molecule has 0 aliphatic heterocycles. The molecule has 17 heavy (non-hydrogen) atoms. The van der Waals surface area contributed by atoms with Crippen molar-refractivity contribution in [1.82, 2.24) is 0 Å². The van der Waals surface area contributed by atoms with Crippen LogP contribution in [0.4, 0.5) is 18.9 Å². The lowest BCUT2D eigenvalue weighted by Gasteiger charge is -2.09. The summed E-state index contributed by atoms with van der Waals surface area (Å²) < 4.78 is 38.8. The zero-order valence-electron chi connectivity index (χ0n) is 8.93. The summed E-state index contributed by atoms with van der Waals surface area (Å²) in [5, 5.41) is 10.6. The number of carbonyl (C=O) groups excluding carboxylic acids is 1. The Morgan fingerprint density at radius 1 is 1.47 bits per heavy atom. The molecule has 0 aliphatic carbocycles. The predicted octanol–water partition coefficient (Wildman–Crippen LogP) is 2.59. The van der Waals surface area contributed by atoms with Crippen molar-refractivity contribution in [3.63, 3.8) is 0 Å². The summed E-state index contributed by atoms with van der Waals surface area (Å²) in [6.07, 6.45) is 0.224. The first-order chi connectivity index (χ1) is 7.99. The summed E-state index contributed by atoms with van der Waals surface area (Å²) in [5.74, 6) is -5.54. The third-order valence-corrected chi connectivity index (χ3v) is 2.13. The second-order valence-electron chi connectivity index (χ2n) is 3.33. The SMILES string of the molecule is CCC(C#N)C(=O)Nc1cc(F)cc(F)c1F. The fourth-order valence-electron chi connectivity index (χ4n) is 1.20. The van der Waals surface area contributed by atoms with Crippen LogP contribution in [-0.4, -0.2) is 5.91 Å². The van der Waals surface area contributed by atoms with Gasteiger partial charge >= 0.3 is 0 Å². The van der Waals surface area contributed by atoms with Gasteiger partial charge in [0.1, 0.15) is 11.7 Å². The molecule has 0 saturated carbocycles. The zero-order chi connectivity index (χ0) is 13.0. The normalized spacial score (nSPS) is 11.7. The molecule has 1 amide bonds. The molecule has 0 saturated heterocycles. The van der Waals surface area contributed by atoms with Gasteiger partial charge in [0.05, 0.1) is 11.8 Å². The fourth-order valence-corrected chi connectivity index (χ4v) is 1.20. The maximum atomic E-state index is 13.2. The van der Waals surface area contributed by atoms with Gasteiger partial charge < -0.3 is 5.32 Å². The molecular weight excluding hydrogens is 233 g/mol. The number of anilines is 1. The molecule has 0 aromatic heterocycles. The Bertz CT molecular complexity index is 482. The number of nitrogens with zero attached hydrogens (tertiary/aromatic N) is 1. The molecule has 1 aromatic carbocycles. The van der Waals surface area contributed by atoms with Crippen molar-refractivity contribution in [2.45, 2.75) is 13.3 Å². The Labute approximate surface area is 95.9 Å². The summed E-state index contributed by atoms with van der Waals surface area (Å²) >= 11 is 0. The second-order valence-corrected chi connectivity index (χ2v) is 3.33. The number of hydrogen-bond acceptors (Lipinski definition) is 2. The standard InChI is InChI=1S/C11H9F3N2O/c1-2-6(5-15)11(17)16-9-4-7(12)3-8(13)10(9)14/h3-4,6H,2H2,1H3,(H,16,17). The summed E-state index contributed by atoms with van der Waals surface area (Å²) in [5.41, 5.74) is -0.610. The van der Waals surface area contributed by atoms with E-state index in [-0.39, 0.29) is 6.42 Å². The lowest BCUT2D eigenvalue weighted by Crippen LogP contribution is -2.21. The van der Waals surface area contributed by atoms with E-state index in [1.54, 1.807) is 13.0 Å². The Balaban J connectivity index is 2.97. The van der Waals surface area contributed by atoms with E-state index < -0.39 is 35.0 Å². The van der Waals surface area contributed by atoms with E-state index in [0.29, 0.717) is 12.1 Å². The average molecular weight is 242 g/mol. The van der Waals surface area contributed by atoms with Gasteiger partial charge in [-0.25, -0.2) is 13.2 Å². The minimum atomic E-state index is -1.40. The first-order valence-electron chi connectivity index (χ1n) is 4.84. The van der Waals surface area contributed by atoms with Gasteiger partial charge in [-0.3, -0.25) is 4.79 Å². The van der Waals surface area contributed by atoms with Gasteiger partial charge in [0, 0.05) is 12.1 Å². The van der Waals surface area contributed by atoms with Crippen LogP contribution in [0.15, 0.2) is 12.1 Å². The fraction of sp³-hybridized carbons (Fsp3) is 0.273. The highest BCUT2D eigenvalue weighted by Crippen LogP contribution is 2.20. The van der Waals surface area contributed by atoms with Crippen LogP contribution < -0.4 is 5.32 Å². The first-order valence-corrected chi connectivity index (χ1v) is 4.84. The highest BCUT2D eigenvalue weighted by atomic mass is 19.2. The minimum absolute atomic E-state index is 0.224. The van der Waals surface area contributed by atoms with Gasteiger partial charge in [-0.05, 0) is 6.42 Å². The maximum absolute atomic E-state index is 13.2. The van der Waals surface area contributed by atoms with Crippen molar-refractivity contribution in [2.75, 3.05) is 5.32 Å². The monoisotopic (exact) mass is 242 g/mol. The van der Waals surface area contributed by atoms with Crippen LogP contribution in [0.3, 0.4) is 0 Å². The highest BCUT2D eigenvalue weighted by Gasteiger charge is 2.19. The topological polar surface area (TPSA) is 52.9 Å². The van der Waals surface area contributed by atoms with Gasteiger partial charge in [-0.1, -0.05) is 6.92 Å². The number of amides is 1. The maximum Gasteiger partial charge on any atom is 0.241 e. The Kier molecular flexibility index (Phi) is 4.10. The highest BCUT2D eigenvalue weighted by molar-refractivity contribution is 5.94. The number of nitrogens with one attached hydrogen (secondary N) is 1. The quantitative estimate of drug-likeness (QED) is 0.828. The van der Waals surface area contributed by atoms with Crippen molar-refractivity contribution >= 4 is 11.6 Å². The largest absolute Gasteiger partial charge is 0.322 e. The Morgan fingerprint density at radius 3 is 2.65 bits per heavy atom. The number of benzene rings is 1. The third-order valence-electron chi connectivity index (χ3n) is 2.13. The van der Waals surface area contributed by atoms with Crippen LogP contribution >= 0.6 is 0 Å². The molecule has 0 bridgehead atoms. The molecule has 1 rings (SSSR count). The molecule has 6 heteroatoms. The summed E-state index contributed by atoms with van der Waals surface area (Å²) in [6, 6.07) is 2.72. The molecule has 3 nitrogen and oxygen atoms in total. The van der Waals surface area contributed by atoms with Gasteiger partial charge in [-0.15, -0.1) is 0 Å². The van der Waals surface area contributed by atoms with E-state index in [1.165, 1.54) is 0 Å². The van der Waals surface area contributed by atoms with Gasteiger partial charge in [0.2, 0.25) is 5.91 Å². The van der Waals surface area contributed by atoms with E-state index in [9.17, 15) is 18.0 Å². The summed E-state index contributed by atoms with van der Waals surface area (Å²) in [6.45, 7) is 1.59. The Morgan fingerprint density at radius 2 is 2.12 bits per heavy atom. The molecule has 0 heterocycles. The van der Waals surface area contributed by atoms with Crippen LogP contribution in [0.5, 0.6) is 0 Å². The predicted molar refractivity (Wildman–Crippen MR) is 54.3 cm³/mol. The number of rotatable bonds is 3. The minimum Gasteiger partial charge on any atom is -0.322 e. The smallest absolute Gasteiger partial charge is 0.241 e. The molecule has 0 radical (unpaired) electrons. The van der Waals surface area contributed by atoms with Crippen molar-refractivity contribution < 1.29 is 18.0 Å². The van der Waals surface area contributed by atoms with Crippen molar-refractivity contribution in [3.8, 4) is 6.07 Å². The molecule has 1 unspecified atom stereocenters. The molecule has 0 aliphatic rings. The molecule has 1 N–H and O–H groups in total. The lowest BCUT2D eigenvalue weighted by molar-refractivity contribution is -0.118. The third kappa shape index (κ3) is 2.97. The average Bonchev–Trinajstić information content (AvgIpc) is 2.27. The van der Waals surface area contributed by atoms with Gasteiger partial charge in [0.25, 0.3) is 0 Å². The number of carbonyl (C=O) groups is 1. The van der Waals surface area contributed by atoms with Gasteiger partial charge in [-0.2, -0.15) is 5.26 Å². The zero-order valence-corrected chi connectivity index (χ0v) is 8.93. The van der Waals surface area contributed by atoms with E-state index in [4.69, 9.17) is 5.26 Å². The molecular formula is C11H9F3N2O. The first kappa shape index (κ1) is 13.0. The molecule has 1 atom stereocenters. The van der Waals surface area contributed by atoms with Gasteiger partial charge in [0.15, 0.2) is 11.6 Å². The van der Waals surface area contributed by atoms with Crippen molar-refractivity contribution in [3.05, 3.63) is 29.6 Å². The molecule has 0 fully saturated rings. The number of halogens is 3. The van der Waals surface area contributed by atoms with E-state index >= 15 is 0 Å². The molecule has 0 spiro atoms.